The Bertz CT molecular complexity index is 333. The van der Waals surface area contributed by atoms with Gasteiger partial charge in [-0.2, -0.15) is 0 Å². The van der Waals surface area contributed by atoms with E-state index in [1.54, 1.807) is 0 Å². The highest BCUT2D eigenvalue weighted by Gasteiger charge is 2.22. The van der Waals surface area contributed by atoms with Gasteiger partial charge in [-0.3, -0.25) is 0 Å². The van der Waals surface area contributed by atoms with E-state index in [1.807, 2.05) is 0 Å². The van der Waals surface area contributed by atoms with Crippen molar-refractivity contribution in [2.75, 3.05) is 20.2 Å². The summed E-state index contributed by atoms with van der Waals surface area (Å²) in [6, 6.07) is 0. The van der Waals surface area contributed by atoms with E-state index in [1.165, 1.54) is 18.4 Å². The molecule has 0 spiro atoms. The number of hydrogen-bond donors (Lipinski definition) is 1. The van der Waals surface area contributed by atoms with E-state index in [0.29, 0.717) is 10.9 Å². The summed E-state index contributed by atoms with van der Waals surface area (Å²) in [4.78, 5) is 11.1. The minimum absolute atomic E-state index is 0.342. The van der Waals surface area contributed by atoms with Gasteiger partial charge in [0.2, 0.25) is 5.01 Å². The molecule has 0 radical (unpaired) electrons. The summed E-state index contributed by atoms with van der Waals surface area (Å²) in [5, 5.41) is 12.3. The number of aromatic nitrogens is 2. The Hall–Kier alpha value is -1.01. The molecule has 2 heterocycles. The number of carbonyl (C=O) groups is 1. The lowest BCUT2D eigenvalue weighted by Gasteiger charge is -1.99. The Morgan fingerprint density at radius 1 is 1.64 bits per heavy atom. The van der Waals surface area contributed by atoms with Crippen molar-refractivity contribution in [1.29, 1.82) is 0 Å². The third-order valence-corrected chi connectivity index (χ3v) is 3.28. The van der Waals surface area contributed by atoms with Gasteiger partial charge in [0.1, 0.15) is 5.01 Å². The summed E-state index contributed by atoms with van der Waals surface area (Å²) in [7, 11) is 1.35. The molecule has 5 nitrogen and oxygen atoms in total. The van der Waals surface area contributed by atoms with Crippen LogP contribution >= 0.6 is 11.3 Å². The Morgan fingerprint density at radius 2 is 2.50 bits per heavy atom. The summed E-state index contributed by atoms with van der Waals surface area (Å²) in [6.45, 7) is 1.94. The zero-order chi connectivity index (χ0) is 9.97. The zero-order valence-electron chi connectivity index (χ0n) is 7.82. The highest BCUT2D eigenvalue weighted by Crippen LogP contribution is 2.25. The monoisotopic (exact) mass is 213 g/mol. The van der Waals surface area contributed by atoms with Crippen LogP contribution < -0.4 is 5.32 Å². The van der Waals surface area contributed by atoms with E-state index in [2.05, 4.69) is 20.3 Å². The summed E-state index contributed by atoms with van der Waals surface area (Å²) in [5.74, 6) is 0.00520. The van der Waals surface area contributed by atoms with Crippen molar-refractivity contribution in [2.45, 2.75) is 12.3 Å². The van der Waals surface area contributed by atoms with Gasteiger partial charge in [0.25, 0.3) is 0 Å². The summed E-state index contributed by atoms with van der Waals surface area (Å²) >= 11 is 1.33. The van der Waals surface area contributed by atoms with Crippen LogP contribution in [0.4, 0.5) is 0 Å². The second-order valence-corrected chi connectivity index (χ2v) is 4.14. The average Bonchev–Trinajstić information content (AvgIpc) is 2.86. The molecule has 76 valence electrons. The number of nitrogens with one attached hydrogen (secondary N) is 1. The largest absolute Gasteiger partial charge is 0.464 e. The topological polar surface area (TPSA) is 64.1 Å². The predicted octanol–water partition coefficient (Wildman–Crippen LogP) is 0.402. The van der Waals surface area contributed by atoms with Crippen molar-refractivity contribution in [3.05, 3.63) is 10.0 Å². The predicted molar refractivity (Wildman–Crippen MR) is 51.5 cm³/mol. The Kier molecular flexibility index (Phi) is 2.74. The molecule has 0 amide bonds. The molecule has 14 heavy (non-hydrogen) atoms. The number of esters is 1. The first kappa shape index (κ1) is 9.54. The van der Waals surface area contributed by atoms with E-state index in [4.69, 9.17) is 0 Å². The molecule has 0 aliphatic carbocycles. The van der Waals surface area contributed by atoms with Crippen LogP contribution in [0.3, 0.4) is 0 Å². The average molecular weight is 213 g/mol. The fraction of sp³-hybridized carbons (Fsp3) is 0.625. The van der Waals surface area contributed by atoms with Crippen LogP contribution in [0.15, 0.2) is 0 Å². The van der Waals surface area contributed by atoms with Gasteiger partial charge in [-0.1, -0.05) is 11.3 Å². The van der Waals surface area contributed by atoms with Gasteiger partial charge in [0.15, 0.2) is 0 Å². The van der Waals surface area contributed by atoms with Gasteiger partial charge >= 0.3 is 5.97 Å². The van der Waals surface area contributed by atoms with Crippen LogP contribution in [-0.2, 0) is 4.74 Å². The summed E-state index contributed by atoms with van der Waals surface area (Å²) in [6.07, 6.45) is 1.07. The molecular weight excluding hydrogens is 202 g/mol. The molecular formula is C8H11N3O2S. The van der Waals surface area contributed by atoms with Crippen LogP contribution in [-0.4, -0.2) is 36.4 Å². The number of hydrogen-bond acceptors (Lipinski definition) is 6. The van der Waals surface area contributed by atoms with Crippen LogP contribution in [0.5, 0.6) is 0 Å². The zero-order valence-corrected chi connectivity index (χ0v) is 8.63. The second-order valence-electron chi connectivity index (χ2n) is 3.13. The molecule has 1 fully saturated rings. The maximum Gasteiger partial charge on any atom is 0.369 e. The first-order valence-electron chi connectivity index (χ1n) is 4.43. The SMILES string of the molecule is COC(=O)c1nnc(C2CCNC2)s1. The van der Waals surface area contributed by atoms with Gasteiger partial charge in [0, 0.05) is 12.5 Å². The maximum absolute atomic E-state index is 11.1. The number of ether oxygens (including phenoxy) is 1. The van der Waals surface area contributed by atoms with Crippen LogP contribution in [0.25, 0.3) is 0 Å². The number of rotatable bonds is 2. The Morgan fingerprint density at radius 3 is 3.14 bits per heavy atom. The van der Waals surface area contributed by atoms with Gasteiger partial charge in [0.05, 0.1) is 7.11 Å². The fourth-order valence-electron chi connectivity index (χ4n) is 1.43. The highest BCUT2D eigenvalue weighted by molar-refractivity contribution is 7.13. The minimum atomic E-state index is -0.403. The highest BCUT2D eigenvalue weighted by atomic mass is 32.1. The first-order chi connectivity index (χ1) is 6.81. The molecule has 2 rings (SSSR count). The molecule has 1 unspecified atom stereocenters. The first-order valence-corrected chi connectivity index (χ1v) is 5.25. The van der Waals surface area contributed by atoms with Crippen molar-refractivity contribution in [3.63, 3.8) is 0 Å². The van der Waals surface area contributed by atoms with Crippen LogP contribution in [0, 0.1) is 0 Å². The van der Waals surface area contributed by atoms with Crippen molar-refractivity contribution in [1.82, 2.24) is 15.5 Å². The van der Waals surface area contributed by atoms with E-state index in [-0.39, 0.29) is 0 Å². The minimum Gasteiger partial charge on any atom is -0.464 e. The molecule has 1 atom stereocenters. The lowest BCUT2D eigenvalue weighted by atomic mass is 10.1. The molecule has 1 saturated heterocycles. The van der Waals surface area contributed by atoms with Crippen molar-refractivity contribution < 1.29 is 9.53 Å². The third kappa shape index (κ3) is 1.76. The quantitative estimate of drug-likeness (QED) is 0.720. The third-order valence-electron chi connectivity index (χ3n) is 2.21. The molecule has 1 aliphatic rings. The Labute approximate surface area is 85.5 Å². The van der Waals surface area contributed by atoms with Crippen LogP contribution in [0.2, 0.25) is 0 Å². The van der Waals surface area contributed by atoms with Crippen LogP contribution in [0.1, 0.15) is 27.1 Å². The summed E-state index contributed by atoms with van der Waals surface area (Å²) in [5.41, 5.74) is 0. The van der Waals surface area contributed by atoms with Crippen molar-refractivity contribution >= 4 is 17.3 Å². The van der Waals surface area contributed by atoms with E-state index in [0.717, 1.165) is 24.5 Å². The number of methoxy groups -OCH3 is 1. The van der Waals surface area contributed by atoms with Crippen molar-refractivity contribution in [2.24, 2.45) is 0 Å². The van der Waals surface area contributed by atoms with Gasteiger partial charge < -0.3 is 10.1 Å². The lowest BCUT2D eigenvalue weighted by Crippen LogP contribution is -2.07. The van der Waals surface area contributed by atoms with Gasteiger partial charge in [-0.15, -0.1) is 10.2 Å². The van der Waals surface area contributed by atoms with Gasteiger partial charge in [-0.25, -0.2) is 4.79 Å². The molecule has 1 aromatic heterocycles. The normalized spacial score (nSPS) is 21.1. The molecule has 1 aromatic rings. The Balaban J connectivity index is 2.12. The van der Waals surface area contributed by atoms with Gasteiger partial charge in [-0.05, 0) is 13.0 Å². The molecule has 1 N–H and O–H groups in total. The smallest absolute Gasteiger partial charge is 0.369 e. The second kappa shape index (κ2) is 4.02. The number of nitrogens with zero attached hydrogens (tertiary/aromatic N) is 2. The lowest BCUT2D eigenvalue weighted by molar-refractivity contribution is 0.0599. The standard InChI is InChI=1S/C8H11N3O2S/c1-13-8(12)7-11-10-6(14-7)5-2-3-9-4-5/h5,9H,2-4H2,1H3. The molecule has 0 saturated carbocycles. The number of carbonyl (C=O) groups excluding carboxylic acids is 1. The van der Waals surface area contributed by atoms with E-state index >= 15 is 0 Å². The molecule has 6 heteroatoms. The van der Waals surface area contributed by atoms with E-state index in [9.17, 15) is 4.79 Å². The molecule has 0 bridgehead atoms. The van der Waals surface area contributed by atoms with E-state index < -0.39 is 5.97 Å². The summed E-state index contributed by atoms with van der Waals surface area (Å²) < 4.78 is 4.57. The van der Waals surface area contributed by atoms with Crippen molar-refractivity contribution in [3.8, 4) is 0 Å². The molecule has 0 aromatic carbocycles. The maximum atomic E-state index is 11.1. The fourth-order valence-corrected chi connectivity index (χ4v) is 2.33. The molecule has 1 aliphatic heterocycles.